The fourth-order valence-corrected chi connectivity index (χ4v) is 4.32. The Morgan fingerprint density at radius 2 is 2.08 bits per heavy atom. The number of aryl methyl sites for hydroxylation is 1. The number of rotatable bonds is 5. The zero-order valence-corrected chi connectivity index (χ0v) is 16.3. The molecular formula is C18H21N3O2S2. The van der Waals surface area contributed by atoms with Crippen molar-refractivity contribution in [3.05, 3.63) is 39.1 Å². The van der Waals surface area contributed by atoms with Gasteiger partial charge in [0, 0.05) is 26.7 Å². The zero-order valence-electron chi connectivity index (χ0n) is 14.7. The third-order valence-corrected chi connectivity index (χ3v) is 6.19. The number of carbonyl (C=O) groups excluding carboxylic acids is 1. The van der Waals surface area contributed by atoms with Gasteiger partial charge in [-0.25, -0.2) is 4.98 Å². The highest BCUT2D eigenvalue weighted by Gasteiger charge is 2.16. The van der Waals surface area contributed by atoms with Crippen LogP contribution in [0.5, 0.6) is 0 Å². The van der Waals surface area contributed by atoms with Gasteiger partial charge in [-0.3, -0.25) is 14.2 Å². The molecule has 3 heterocycles. The molecule has 3 aromatic rings. The van der Waals surface area contributed by atoms with Crippen molar-refractivity contribution >= 4 is 38.8 Å². The van der Waals surface area contributed by atoms with E-state index in [1.165, 1.54) is 27.1 Å². The molecule has 0 fully saturated rings. The standard InChI is InChI=1S/C18H21N3O2S2/c1-10(2)12(4)20-15(22)7-21-9-19-17-16(18(21)23)13(8-24-17)14-6-5-11(3)25-14/h5-6,8-10,12H,7H2,1-4H3,(H,20,22)/t12-/m0/s1. The summed E-state index contributed by atoms with van der Waals surface area (Å²) in [5, 5.41) is 5.49. The number of aromatic nitrogens is 2. The molecule has 132 valence electrons. The molecule has 0 aliphatic heterocycles. The summed E-state index contributed by atoms with van der Waals surface area (Å²) in [6, 6.07) is 4.12. The highest BCUT2D eigenvalue weighted by molar-refractivity contribution is 7.19. The molecule has 0 bridgehead atoms. The third kappa shape index (κ3) is 3.67. The van der Waals surface area contributed by atoms with Crippen LogP contribution in [0.25, 0.3) is 20.7 Å². The molecule has 1 atom stereocenters. The minimum atomic E-state index is -0.173. The summed E-state index contributed by atoms with van der Waals surface area (Å²) in [6.45, 7) is 8.08. The summed E-state index contributed by atoms with van der Waals surface area (Å²) >= 11 is 3.11. The summed E-state index contributed by atoms with van der Waals surface area (Å²) in [6.07, 6.45) is 1.46. The van der Waals surface area contributed by atoms with Crippen molar-refractivity contribution in [3.8, 4) is 10.4 Å². The maximum atomic E-state index is 12.9. The van der Waals surface area contributed by atoms with Crippen LogP contribution in [-0.2, 0) is 11.3 Å². The van der Waals surface area contributed by atoms with Gasteiger partial charge in [-0.1, -0.05) is 13.8 Å². The second-order valence-electron chi connectivity index (χ2n) is 6.52. The summed E-state index contributed by atoms with van der Waals surface area (Å²) < 4.78 is 1.39. The van der Waals surface area contributed by atoms with Crippen LogP contribution in [0.15, 0.2) is 28.6 Å². The molecule has 3 aromatic heterocycles. The van der Waals surface area contributed by atoms with Gasteiger partial charge in [0.25, 0.3) is 5.56 Å². The van der Waals surface area contributed by atoms with Crippen LogP contribution in [0, 0.1) is 12.8 Å². The van der Waals surface area contributed by atoms with E-state index in [1.807, 2.05) is 45.2 Å². The van der Waals surface area contributed by atoms with Crippen LogP contribution in [0.4, 0.5) is 0 Å². The third-order valence-electron chi connectivity index (χ3n) is 4.27. The van der Waals surface area contributed by atoms with Crippen molar-refractivity contribution in [2.45, 2.75) is 40.3 Å². The monoisotopic (exact) mass is 375 g/mol. The van der Waals surface area contributed by atoms with E-state index < -0.39 is 0 Å². The van der Waals surface area contributed by atoms with Crippen molar-refractivity contribution in [1.82, 2.24) is 14.9 Å². The van der Waals surface area contributed by atoms with E-state index in [-0.39, 0.29) is 24.1 Å². The molecule has 0 aliphatic carbocycles. The summed E-state index contributed by atoms with van der Waals surface area (Å²) in [4.78, 5) is 32.4. The predicted molar refractivity (Wildman–Crippen MR) is 104 cm³/mol. The number of hydrogen-bond donors (Lipinski definition) is 1. The van der Waals surface area contributed by atoms with Gasteiger partial charge in [0.1, 0.15) is 11.4 Å². The average Bonchev–Trinajstić information content (AvgIpc) is 3.16. The Labute approximate surface area is 154 Å². The second-order valence-corrected chi connectivity index (χ2v) is 8.66. The molecule has 0 unspecified atom stereocenters. The summed E-state index contributed by atoms with van der Waals surface area (Å²) in [5.74, 6) is 0.167. The van der Waals surface area contributed by atoms with Gasteiger partial charge >= 0.3 is 0 Å². The minimum Gasteiger partial charge on any atom is -0.352 e. The van der Waals surface area contributed by atoms with Gasteiger partial charge in [0.2, 0.25) is 5.91 Å². The van der Waals surface area contributed by atoms with Crippen LogP contribution >= 0.6 is 22.7 Å². The first-order valence-corrected chi connectivity index (χ1v) is 9.89. The summed E-state index contributed by atoms with van der Waals surface area (Å²) in [5.41, 5.74) is 0.737. The maximum absolute atomic E-state index is 12.9. The normalized spacial score (nSPS) is 12.7. The molecule has 0 spiro atoms. The Hall–Kier alpha value is -1.99. The molecular weight excluding hydrogens is 354 g/mol. The van der Waals surface area contributed by atoms with Crippen LogP contribution in [0.1, 0.15) is 25.6 Å². The van der Waals surface area contributed by atoms with Crippen LogP contribution < -0.4 is 10.9 Å². The number of carbonyl (C=O) groups is 1. The molecule has 5 nitrogen and oxygen atoms in total. The predicted octanol–water partition coefficient (Wildman–Crippen LogP) is 3.66. The van der Waals surface area contributed by atoms with Crippen LogP contribution in [0.3, 0.4) is 0 Å². The van der Waals surface area contributed by atoms with Crippen molar-refractivity contribution in [2.24, 2.45) is 5.92 Å². The Morgan fingerprint density at radius 1 is 1.32 bits per heavy atom. The first-order valence-electron chi connectivity index (χ1n) is 8.19. The number of nitrogens with zero attached hydrogens (tertiary/aromatic N) is 2. The van der Waals surface area contributed by atoms with E-state index in [2.05, 4.69) is 10.3 Å². The number of nitrogens with one attached hydrogen (secondary N) is 1. The smallest absolute Gasteiger partial charge is 0.263 e. The molecule has 0 aliphatic rings. The first kappa shape index (κ1) is 17.8. The Morgan fingerprint density at radius 3 is 2.72 bits per heavy atom. The van der Waals surface area contributed by atoms with Gasteiger partial charge < -0.3 is 5.32 Å². The highest BCUT2D eigenvalue weighted by atomic mass is 32.1. The van der Waals surface area contributed by atoms with E-state index in [9.17, 15) is 9.59 Å². The fraction of sp³-hybridized carbons (Fsp3) is 0.389. The van der Waals surface area contributed by atoms with Crippen molar-refractivity contribution in [2.75, 3.05) is 0 Å². The molecule has 3 rings (SSSR count). The lowest BCUT2D eigenvalue weighted by molar-refractivity contribution is -0.122. The Bertz CT molecular complexity index is 968. The van der Waals surface area contributed by atoms with Crippen molar-refractivity contribution in [3.63, 3.8) is 0 Å². The van der Waals surface area contributed by atoms with Crippen LogP contribution in [-0.4, -0.2) is 21.5 Å². The van der Waals surface area contributed by atoms with E-state index in [1.54, 1.807) is 11.3 Å². The van der Waals surface area contributed by atoms with Gasteiger partial charge in [-0.2, -0.15) is 0 Å². The topological polar surface area (TPSA) is 64.0 Å². The molecule has 25 heavy (non-hydrogen) atoms. The van der Waals surface area contributed by atoms with Crippen molar-refractivity contribution < 1.29 is 4.79 Å². The highest BCUT2D eigenvalue weighted by Crippen LogP contribution is 2.34. The molecule has 0 saturated heterocycles. The lowest BCUT2D eigenvalue weighted by Gasteiger charge is -2.17. The zero-order chi connectivity index (χ0) is 18.1. The number of thiophene rings is 2. The van der Waals surface area contributed by atoms with E-state index in [4.69, 9.17) is 0 Å². The Balaban J connectivity index is 1.94. The van der Waals surface area contributed by atoms with Gasteiger partial charge in [0.15, 0.2) is 0 Å². The van der Waals surface area contributed by atoms with Gasteiger partial charge in [-0.05, 0) is 31.9 Å². The molecule has 0 saturated carbocycles. The maximum Gasteiger partial charge on any atom is 0.263 e. The second kappa shape index (κ2) is 7.09. The Kier molecular flexibility index (Phi) is 5.06. The molecule has 1 amide bonds. The SMILES string of the molecule is Cc1ccc(-c2csc3ncn(CC(=O)N[C@@H](C)C(C)C)c(=O)c23)s1. The van der Waals surface area contributed by atoms with Gasteiger partial charge in [0.05, 0.1) is 11.7 Å². The summed E-state index contributed by atoms with van der Waals surface area (Å²) in [7, 11) is 0. The number of hydrogen-bond acceptors (Lipinski definition) is 5. The molecule has 7 heteroatoms. The first-order chi connectivity index (χ1) is 11.9. The fourth-order valence-electron chi connectivity index (χ4n) is 2.46. The van der Waals surface area contributed by atoms with Crippen molar-refractivity contribution in [1.29, 1.82) is 0 Å². The van der Waals surface area contributed by atoms with E-state index >= 15 is 0 Å². The molecule has 0 radical (unpaired) electrons. The molecule has 1 N–H and O–H groups in total. The quantitative estimate of drug-likeness (QED) is 0.740. The lowest BCUT2D eigenvalue weighted by atomic mass is 10.1. The van der Waals surface area contributed by atoms with E-state index in [0.717, 1.165) is 10.4 Å². The minimum absolute atomic E-state index is 0.0163. The largest absolute Gasteiger partial charge is 0.352 e. The lowest BCUT2D eigenvalue weighted by Crippen LogP contribution is -2.39. The average molecular weight is 376 g/mol. The number of amides is 1. The molecule has 0 aromatic carbocycles. The van der Waals surface area contributed by atoms with E-state index in [0.29, 0.717) is 16.1 Å². The van der Waals surface area contributed by atoms with Gasteiger partial charge in [-0.15, -0.1) is 22.7 Å². The number of fused-ring (bicyclic) bond motifs is 1. The van der Waals surface area contributed by atoms with Crippen LogP contribution in [0.2, 0.25) is 0 Å².